The molecule has 0 saturated carbocycles. The van der Waals surface area contributed by atoms with Crippen molar-refractivity contribution in [1.82, 2.24) is 0 Å². The average molecular weight is 389 g/mol. The molecule has 0 aromatic heterocycles. The smallest absolute Gasteiger partial charge is 0.339 e. The summed E-state index contributed by atoms with van der Waals surface area (Å²) in [5.41, 5.74) is 0.941. The van der Waals surface area contributed by atoms with Gasteiger partial charge in [-0.1, -0.05) is 12.1 Å². The Morgan fingerprint density at radius 1 is 1.25 bits per heavy atom. The van der Waals surface area contributed by atoms with Crippen LogP contribution in [0, 0.1) is 11.3 Å². The Kier molecular flexibility index (Phi) is 5.93. The first kappa shape index (κ1) is 17.5. The Morgan fingerprint density at radius 3 is 2.71 bits per heavy atom. The van der Waals surface area contributed by atoms with Gasteiger partial charge in [0.2, 0.25) is 0 Å². The predicted molar refractivity (Wildman–Crippen MR) is 90.8 cm³/mol. The molecule has 0 spiro atoms. The van der Waals surface area contributed by atoms with Crippen LogP contribution in [0.1, 0.15) is 15.9 Å². The molecule has 0 aliphatic rings. The molecule has 1 amide bonds. The summed E-state index contributed by atoms with van der Waals surface area (Å²) in [5, 5.41) is 11.5. The number of ether oxygens (including phenoxy) is 2. The molecule has 122 valence electrons. The van der Waals surface area contributed by atoms with Crippen LogP contribution >= 0.6 is 15.9 Å². The van der Waals surface area contributed by atoms with Crippen LogP contribution < -0.4 is 10.1 Å². The topological polar surface area (TPSA) is 88.4 Å². The van der Waals surface area contributed by atoms with Crippen LogP contribution in [-0.4, -0.2) is 25.6 Å². The molecule has 0 fully saturated rings. The normalized spacial score (nSPS) is 9.71. The number of carbonyl (C=O) groups is 2. The van der Waals surface area contributed by atoms with E-state index in [9.17, 15) is 9.59 Å². The molecule has 0 bridgehead atoms. The highest BCUT2D eigenvalue weighted by atomic mass is 79.9. The molecule has 2 rings (SSSR count). The van der Waals surface area contributed by atoms with E-state index in [-0.39, 0.29) is 5.56 Å². The maximum atomic E-state index is 12.1. The van der Waals surface area contributed by atoms with Gasteiger partial charge in [-0.05, 0) is 46.3 Å². The van der Waals surface area contributed by atoms with Gasteiger partial charge in [0.15, 0.2) is 6.61 Å². The quantitative estimate of drug-likeness (QED) is 0.794. The Morgan fingerprint density at radius 2 is 2.00 bits per heavy atom. The van der Waals surface area contributed by atoms with Crippen molar-refractivity contribution in [3.05, 3.63) is 58.1 Å². The lowest BCUT2D eigenvalue weighted by Crippen LogP contribution is -2.21. The van der Waals surface area contributed by atoms with Crippen LogP contribution in [0.5, 0.6) is 5.75 Å². The summed E-state index contributed by atoms with van der Waals surface area (Å²) in [6, 6.07) is 13.4. The Hall–Kier alpha value is -2.85. The third-order valence-corrected chi connectivity index (χ3v) is 3.74. The van der Waals surface area contributed by atoms with Crippen molar-refractivity contribution < 1.29 is 19.1 Å². The van der Waals surface area contributed by atoms with E-state index in [1.165, 1.54) is 13.2 Å². The fraction of sp³-hybridized carbons (Fsp3) is 0.118. The number of para-hydroxylation sites is 1. The monoisotopic (exact) mass is 388 g/mol. The molecule has 6 nitrogen and oxygen atoms in total. The largest absolute Gasteiger partial charge is 0.497 e. The number of nitriles is 1. The number of anilines is 1. The van der Waals surface area contributed by atoms with Crippen LogP contribution in [0.4, 0.5) is 5.69 Å². The molecule has 0 heterocycles. The van der Waals surface area contributed by atoms with Crippen molar-refractivity contribution in [2.45, 2.75) is 0 Å². The van der Waals surface area contributed by atoms with E-state index < -0.39 is 18.5 Å². The number of benzene rings is 2. The van der Waals surface area contributed by atoms with Crippen LogP contribution in [0.15, 0.2) is 46.9 Å². The highest BCUT2D eigenvalue weighted by Crippen LogP contribution is 2.23. The number of hydrogen-bond acceptors (Lipinski definition) is 5. The second-order valence-electron chi connectivity index (χ2n) is 4.63. The maximum absolute atomic E-state index is 12.1. The summed E-state index contributed by atoms with van der Waals surface area (Å²) >= 11 is 3.25. The average Bonchev–Trinajstić information content (AvgIpc) is 2.60. The number of esters is 1. The standard InChI is InChI=1S/C17H13BrN2O4/c1-23-12-6-7-14(18)13(8-12)17(22)24-10-16(21)20-15-5-3-2-4-11(15)9-19/h2-8H,10H2,1H3,(H,20,21). The number of hydrogen-bond donors (Lipinski definition) is 1. The van der Waals surface area contributed by atoms with Crippen LogP contribution in [-0.2, 0) is 9.53 Å². The summed E-state index contributed by atoms with van der Waals surface area (Å²) in [4.78, 5) is 24.0. The van der Waals surface area contributed by atoms with Crippen LogP contribution in [0.25, 0.3) is 0 Å². The number of methoxy groups -OCH3 is 1. The zero-order chi connectivity index (χ0) is 17.5. The van der Waals surface area contributed by atoms with Gasteiger partial charge in [0.1, 0.15) is 11.8 Å². The lowest BCUT2D eigenvalue weighted by molar-refractivity contribution is -0.119. The van der Waals surface area contributed by atoms with Crippen molar-refractivity contribution in [2.75, 3.05) is 19.0 Å². The number of rotatable bonds is 5. The molecule has 0 unspecified atom stereocenters. The van der Waals surface area contributed by atoms with E-state index >= 15 is 0 Å². The van der Waals surface area contributed by atoms with Crippen LogP contribution in [0.3, 0.4) is 0 Å². The zero-order valence-corrected chi connectivity index (χ0v) is 14.3. The molecule has 2 aromatic carbocycles. The summed E-state index contributed by atoms with van der Waals surface area (Å²) in [6.07, 6.45) is 0. The molecule has 7 heteroatoms. The first-order chi connectivity index (χ1) is 11.5. The number of halogens is 1. The first-order valence-corrected chi connectivity index (χ1v) is 7.64. The molecule has 1 N–H and O–H groups in total. The fourth-order valence-corrected chi connectivity index (χ4v) is 2.28. The van der Waals surface area contributed by atoms with Crippen LogP contribution in [0.2, 0.25) is 0 Å². The maximum Gasteiger partial charge on any atom is 0.339 e. The SMILES string of the molecule is COc1ccc(Br)c(C(=O)OCC(=O)Nc2ccccc2C#N)c1. The number of nitrogens with one attached hydrogen (secondary N) is 1. The van der Waals surface area contributed by atoms with E-state index in [0.29, 0.717) is 21.5 Å². The van der Waals surface area contributed by atoms with Gasteiger partial charge in [-0.15, -0.1) is 0 Å². The van der Waals surface area contributed by atoms with Gasteiger partial charge in [0.25, 0.3) is 5.91 Å². The van der Waals surface area contributed by atoms with E-state index in [1.54, 1.807) is 36.4 Å². The number of amides is 1. The number of nitrogens with zero attached hydrogens (tertiary/aromatic N) is 1. The molecule has 0 atom stereocenters. The van der Waals surface area contributed by atoms with Crippen molar-refractivity contribution >= 4 is 33.5 Å². The zero-order valence-electron chi connectivity index (χ0n) is 12.7. The Balaban J connectivity index is 1.99. The highest BCUT2D eigenvalue weighted by Gasteiger charge is 2.15. The van der Waals surface area contributed by atoms with Crippen molar-refractivity contribution in [2.24, 2.45) is 0 Å². The first-order valence-electron chi connectivity index (χ1n) is 6.84. The highest BCUT2D eigenvalue weighted by molar-refractivity contribution is 9.10. The minimum Gasteiger partial charge on any atom is -0.497 e. The summed E-state index contributed by atoms with van der Waals surface area (Å²) < 4.78 is 10.6. The molecule has 0 radical (unpaired) electrons. The minimum atomic E-state index is -0.663. The van der Waals surface area contributed by atoms with Gasteiger partial charge in [0.05, 0.1) is 23.9 Å². The van der Waals surface area contributed by atoms with Gasteiger partial charge in [-0.25, -0.2) is 4.79 Å². The lowest BCUT2D eigenvalue weighted by Gasteiger charge is -2.09. The van der Waals surface area contributed by atoms with Gasteiger partial charge < -0.3 is 14.8 Å². The molecular weight excluding hydrogens is 376 g/mol. The summed E-state index contributed by atoms with van der Waals surface area (Å²) in [6.45, 7) is -0.470. The summed E-state index contributed by atoms with van der Waals surface area (Å²) in [7, 11) is 1.48. The van der Waals surface area contributed by atoms with Gasteiger partial charge in [0, 0.05) is 4.47 Å². The van der Waals surface area contributed by atoms with Gasteiger partial charge >= 0.3 is 5.97 Å². The van der Waals surface area contributed by atoms with Gasteiger partial charge in [-0.2, -0.15) is 5.26 Å². The van der Waals surface area contributed by atoms with Crippen molar-refractivity contribution in [3.63, 3.8) is 0 Å². The van der Waals surface area contributed by atoms with E-state index in [4.69, 9.17) is 14.7 Å². The second kappa shape index (κ2) is 8.13. The molecule has 2 aromatic rings. The molecule has 0 aliphatic carbocycles. The van der Waals surface area contributed by atoms with Crippen molar-refractivity contribution in [3.8, 4) is 11.8 Å². The Labute approximate surface area is 147 Å². The second-order valence-corrected chi connectivity index (χ2v) is 5.48. The lowest BCUT2D eigenvalue weighted by atomic mass is 10.2. The third kappa shape index (κ3) is 4.33. The van der Waals surface area contributed by atoms with E-state index in [0.717, 1.165) is 0 Å². The molecular formula is C17H13BrN2O4. The third-order valence-electron chi connectivity index (χ3n) is 3.05. The number of carbonyl (C=O) groups excluding carboxylic acids is 2. The van der Waals surface area contributed by atoms with Gasteiger partial charge in [-0.3, -0.25) is 4.79 Å². The van der Waals surface area contributed by atoms with Crippen molar-refractivity contribution in [1.29, 1.82) is 5.26 Å². The molecule has 24 heavy (non-hydrogen) atoms. The van der Waals surface area contributed by atoms with E-state index in [1.807, 2.05) is 6.07 Å². The molecule has 0 saturated heterocycles. The molecule has 0 aliphatic heterocycles. The minimum absolute atomic E-state index is 0.250. The Bertz CT molecular complexity index is 814. The van der Waals surface area contributed by atoms with E-state index in [2.05, 4.69) is 21.2 Å². The summed E-state index contributed by atoms with van der Waals surface area (Å²) in [5.74, 6) is -0.702. The predicted octanol–water partition coefficient (Wildman–Crippen LogP) is 3.12. The fourth-order valence-electron chi connectivity index (χ4n) is 1.87.